The van der Waals surface area contributed by atoms with Crippen LogP contribution in [0.3, 0.4) is 0 Å². The molecule has 0 aromatic heterocycles. The molecule has 1 saturated carbocycles. The fourth-order valence-electron chi connectivity index (χ4n) is 4.17. The Morgan fingerprint density at radius 1 is 1.22 bits per heavy atom. The number of rotatable bonds is 7. The lowest BCUT2D eigenvalue weighted by Gasteiger charge is -2.24. The Balaban J connectivity index is 0.00000261. The number of benzene rings is 1. The third-order valence-electron chi connectivity index (χ3n) is 5.47. The molecule has 2 aliphatic rings. The van der Waals surface area contributed by atoms with Gasteiger partial charge in [0.05, 0.1) is 13.2 Å². The number of ether oxygens (including phenoxy) is 1. The first-order chi connectivity index (χ1) is 12.8. The highest BCUT2D eigenvalue weighted by molar-refractivity contribution is 14.0. The second-order valence-corrected chi connectivity index (χ2v) is 7.51. The predicted octanol–water partition coefficient (Wildman–Crippen LogP) is 3.52. The SMILES string of the molecule is CCNC(=NCc1cccc(COC)c1)NC1CCN(C2CCCC2)C1.I. The van der Waals surface area contributed by atoms with Gasteiger partial charge >= 0.3 is 0 Å². The molecule has 1 atom stereocenters. The molecule has 1 aliphatic carbocycles. The summed E-state index contributed by atoms with van der Waals surface area (Å²) in [5.74, 6) is 0.933. The zero-order valence-corrected chi connectivity index (χ0v) is 19.1. The zero-order valence-electron chi connectivity index (χ0n) is 16.7. The summed E-state index contributed by atoms with van der Waals surface area (Å²) in [4.78, 5) is 7.49. The summed E-state index contributed by atoms with van der Waals surface area (Å²) in [6.07, 6.45) is 6.80. The molecule has 3 rings (SSSR count). The minimum atomic E-state index is 0. The largest absolute Gasteiger partial charge is 0.380 e. The lowest BCUT2D eigenvalue weighted by Crippen LogP contribution is -2.45. The summed E-state index contributed by atoms with van der Waals surface area (Å²) in [6, 6.07) is 9.81. The third kappa shape index (κ3) is 6.91. The first-order valence-corrected chi connectivity index (χ1v) is 10.1. The van der Waals surface area contributed by atoms with Crippen LogP contribution >= 0.6 is 24.0 Å². The highest BCUT2D eigenvalue weighted by Gasteiger charge is 2.30. The van der Waals surface area contributed by atoms with E-state index in [1.807, 2.05) is 0 Å². The van der Waals surface area contributed by atoms with Gasteiger partial charge in [-0.15, -0.1) is 24.0 Å². The third-order valence-corrected chi connectivity index (χ3v) is 5.47. The molecule has 27 heavy (non-hydrogen) atoms. The maximum Gasteiger partial charge on any atom is 0.191 e. The highest BCUT2D eigenvalue weighted by Crippen LogP contribution is 2.26. The van der Waals surface area contributed by atoms with E-state index in [-0.39, 0.29) is 24.0 Å². The van der Waals surface area contributed by atoms with Gasteiger partial charge in [0.15, 0.2) is 5.96 Å². The molecule has 1 heterocycles. The first kappa shape index (κ1) is 22.4. The predicted molar refractivity (Wildman–Crippen MR) is 123 cm³/mol. The minimum absolute atomic E-state index is 0. The van der Waals surface area contributed by atoms with Gasteiger partial charge in [-0.1, -0.05) is 37.1 Å². The summed E-state index contributed by atoms with van der Waals surface area (Å²) < 4.78 is 5.22. The van der Waals surface area contributed by atoms with Crippen LogP contribution in [0.1, 0.15) is 50.2 Å². The molecule has 0 bridgehead atoms. The normalized spacial score (nSPS) is 21.3. The molecular formula is C21H35IN4O. The highest BCUT2D eigenvalue weighted by atomic mass is 127. The number of likely N-dealkylation sites (tertiary alicyclic amines) is 1. The summed E-state index contributed by atoms with van der Waals surface area (Å²) in [5, 5.41) is 7.05. The second-order valence-electron chi connectivity index (χ2n) is 7.51. The molecule has 152 valence electrons. The molecule has 0 radical (unpaired) electrons. The maximum absolute atomic E-state index is 5.22. The van der Waals surface area contributed by atoms with E-state index >= 15 is 0 Å². The van der Waals surface area contributed by atoms with Crippen molar-refractivity contribution in [3.63, 3.8) is 0 Å². The number of guanidine groups is 1. The van der Waals surface area contributed by atoms with Gasteiger partial charge in [-0.3, -0.25) is 4.90 Å². The Labute approximate surface area is 181 Å². The Kier molecular flexibility index (Phi) is 9.86. The lowest BCUT2D eigenvalue weighted by atomic mass is 10.1. The average molecular weight is 486 g/mol. The van der Waals surface area contributed by atoms with E-state index in [2.05, 4.69) is 46.7 Å². The van der Waals surface area contributed by atoms with E-state index in [1.54, 1.807) is 7.11 Å². The molecule has 1 unspecified atom stereocenters. The van der Waals surface area contributed by atoms with E-state index in [0.717, 1.165) is 25.1 Å². The summed E-state index contributed by atoms with van der Waals surface area (Å²) in [5.41, 5.74) is 2.41. The first-order valence-electron chi connectivity index (χ1n) is 10.1. The van der Waals surface area contributed by atoms with E-state index in [0.29, 0.717) is 19.2 Å². The quantitative estimate of drug-likeness (QED) is 0.352. The van der Waals surface area contributed by atoms with Crippen LogP contribution in [0.15, 0.2) is 29.3 Å². The van der Waals surface area contributed by atoms with Gasteiger partial charge in [-0.25, -0.2) is 4.99 Å². The van der Waals surface area contributed by atoms with Crippen molar-refractivity contribution in [1.29, 1.82) is 0 Å². The van der Waals surface area contributed by atoms with Crippen molar-refractivity contribution in [2.24, 2.45) is 4.99 Å². The minimum Gasteiger partial charge on any atom is -0.380 e. The molecule has 1 aromatic carbocycles. The van der Waals surface area contributed by atoms with Crippen LogP contribution in [0.2, 0.25) is 0 Å². The van der Waals surface area contributed by atoms with Gasteiger partial charge in [0, 0.05) is 38.8 Å². The number of nitrogens with zero attached hydrogens (tertiary/aromatic N) is 2. The molecule has 2 N–H and O–H groups in total. The van der Waals surface area contributed by atoms with Gasteiger partial charge in [-0.2, -0.15) is 0 Å². The van der Waals surface area contributed by atoms with Gasteiger partial charge in [0.1, 0.15) is 0 Å². The van der Waals surface area contributed by atoms with Crippen LogP contribution in [-0.2, 0) is 17.9 Å². The fourth-order valence-corrected chi connectivity index (χ4v) is 4.17. The lowest BCUT2D eigenvalue weighted by molar-refractivity contribution is 0.185. The maximum atomic E-state index is 5.22. The Bertz CT molecular complexity index is 589. The Morgan fingerprint density at radius 2 is 2.00 bits per heavy atom. The number of halogens is 1. The zero-order chi connectivity index (χ0) is 18.2. The van der Waals surface area contributed by atoms with Crippen molar-refractivity contribution in [3.8, 4) is 0 Å². The topological polar surface area (TPSA) is 48.9 Å². The summed E-state index contributed by atoms with van der Waals surface area (Å²) in [6.45, 7) is 6.71. The summed E-state index contributed by atoms with van der Waals surface area (Å²) in [7, 11) is 1.73. The van der Waals surface area contributed by atoms with Crippen LogP contribution in [-0.4, -0.2) is 49.7 Å². The van der Waals surface area contributed by atoms with E-state index < -0.39 is 0 Å². The van der Waals surface area contributed by atoms with Crippen LogP contribution in [0.25, 0.3) is 0 Å². The average Bonchev–Trinajstić information content (AvgIpc) is 3.32. The molecule has 2 fully saturated rings. The van der Waals surface area contributed by atoms with Crippen LogP contribution in [0.5, 0.6) is 0 Å². The van der Waals surface area contributed by atoms with E-state index in [9.17, 15) is 0 Å². The Hall–Kier alpha value is -0.860. The standard InChI is InChI=1S/C21H34N4O.HI/c1-3-22-21(23-14-17-7-6-8-18(13-17)16-26-2)24-19-11-12-25(15-19)20-9-4-5-10-20;/h6-8,13,19-20H,3-5,9-12,14-16H2,1-2H3,(H2,22,23,24);1H. The van der Waals surface area contributed by atoms with Crippen LogP contribution < -0.4 is 10.6 Å². The fraction of sp³-hybridized carbons (Fsp3) is 0.667. The molecule has 1 aromatic rings. The molecule has 1 aliphatic heterocycles. The van der Waals surface area contributed by atoms with Crippen molar-refractivity contribution in [2.75, 3.05) is 26.7 Å². The van der Waals surface area contributed by atoms with E-state index in [1.165, 1.54) is 49.8 Å². The molecule has 0 amide bonds. The Morgan fingerprint density at radius 3 is 2.74 bits per heavy atom. The van der Waals surface area contributed by atoms with Gasteiger partial charge < -0.3 is 15.4 Å². The van der Waals surface area contributed by atoms with Gasteiger partial charge in [-0.05, 0) is 37.3 Å². The van der Waals surface area contributed by atoms with Crippen LogP contribution in [0.4, 0.5) is 0 Å². The van der Waals surface area contributed by atoms with Gasteiger partial charge in [0.25, 0.3) is 0 Å². The number of hydrogen-bond donors (Lipinski definition) is 2. The number of hydrogen-bond acceptors (Lipinski definition) is 3. The molecular weight excluding hydrogens is 451 g/mol. The monoisotopic (exact) mass is 486 g/mol. The van der Waals surface area contributed by atoms with Crippen molar-refractivity contribution in [3.05, 3.63) is 35.4 Å². The number of nitrogens with one attached hydrogen (secondary N) is 2. The molecule has 5 nitrogen and oxygen atoms in total. The smallest absolute Gasteiger partial charge is 0.191 e. The van der Waals surface area contributed by atoms with Crippen molar-refractivity contribution >= 4 is 29.9 Å². The van der Waals surface area contributed by atoms with Crippen molar-refractivity contribution < 1.29 is 4.74 Å². The molecule has 6 heteroatoms. The number of methoxy groups -OCH3 is 1. The van der Waals surface area contributed by atoms with Crippen molar-refractivity contribution in [1.82, 2.24) is 15.5 Å². The van der Waals surface area contributed by atoms with Gasteiger partial charge in [0.2, 0.25) is 0 Å². The van der Waals surface area contributed by atoms with E-state index in [4.69, 9.17) is 9.73 Å². The molecule has 0 spiro atoms. The summed E-state index contributed by atoms with van der Waals surface area (Å²) >= 11 is 0. The number of aliphatic imine (C=N–C) groups is 1. The second kappa shape index (κ2) is 11.9. The molecule has 1 saturated heterocycles. The van der Waals surface area contributed by atoms with Crippen molar-refractivity contribution in [2.45, 2.75) is 64.3 Å². The van der Waals surface area contributed by atoms with Crippen LogP contribution in [0, 0.1) is 0 Å².